The van der Waals surface area contributed by atoms with E-state index in [1.165, 1.54) is 0 Å². The minimum absolute atomic E-state index is 0.346. The van der Waals surface area contributed by atoms with Gasteiger partial charge in [0, 0.05) is 17.2 Å². The molecule has 0 atom stereocenters. The first-order valence-corrected chi connectivity index (χ1v) is 6.91. The minimum Gasteiger partial charge on any atom is -0.443 e. The van der Waals surface area contributed by atoms with Crippen LogP contribution < -0.4 is 4.90 Å². The van der Waals surface area contributed by atoms with Crippen molar-refractivity contribution in [3.8, 4) is 0 Å². The van der Waals surface area contributed by atoms with E-state index in [4.69, 9.17) is 4.74 Å². The van der Waals surface area contributed by atoms with E-state index in [1.807, 2.05) is 39.8 Å². The highest BCUT2D eigenvalue weighted by molar-refractivity contribution is 9.10. The first-order valence-electron chi connectivity index (χ1n) is 6.12. The maximum Gasteiger partial charge on any atom is 0.415 e. The van der Waals surface area contributed by atoms with E-state index in [2.05, 4.69) is 20.9 Å². The van der Waals surface area contributed by atoms with E-state index in [1.54, 1.807) is 11.1 Å². The Bertz CT molecular complexity index is 547. The van der Waals surface area contributed by atoms with Crippen LogP contribution in [0.15, 0.2) is 16.7 Å². The summed E-state index contributed by atoms with van der Waals surface area (Å²) in [5, 5.41) is 0. The standard InChI is InChI=1S/C14H17BrN2O2/c1-9-10(15)8-16-11-6-5-7-17(12(9)11)13(18)19-14(2,3)4/h5-6,8H,7H2,1-4H3. The molecule has 1 aliphatic heterocycles. The molecule has 1 aromatic rings. The number of amides is 1. The molecule has 19 heavy (non-hydrogen) atoms. The summed E-state index contributed by atoms with van der Waals surface area (Å²) in [6.45, 7) is 8.04. The molecular weight excluding hydrogens is 308 g/mol. The number of aromatic nitrogens is 1. The van der Waals surface area contributed by atoms with Crippen LogP contribution in [0.5, 0.6) is 0 Å². The molecule has 2 rings (SSSR count). The van der Waals surface area contributed by atoms with E-state index in [0.717, 1.165) is 21.4 Å². The van der Waals surface area contributed by atoms with Crippen LogP contribution in [0.1, 0.15) is 32.0 Å². The third kappa shape index (κ3) is 2.97. The number of fused-ring (bicyclic) bond motifs is 1. The lowest BCUT2D eigenvalue weighted by molar-refractivity contribution is 0.0583. The normalized spacial score (nSPS) is 14.3. The van der Waals surface area contributed by atoms with Gasteiger partial charge in [0.05, 0.1) is 11.4 Å². The Hall–Kier alpha value is -1.36. The molecule has 0 fully saturated rings. The summed E-state index contributed by atoms with van der Waals surface area (Å²) >= 11 is 3.45. The van der Waals surface area contributed by atoms with Gasteiger partial charge in [-0.2, -0.15) is 0 Å². The van der Waals surface area contributed by atoms with Gasteiger partial charge in [0.2, 0.25) is 0 Å². The number of anilines is 1. The molecular formula is C14H17BrN2O2. The second-order valence-electron chi connectivity index (χ2n) is 5.46. The fraction of sp³-hybridized carbons (Fsp3) is 0.429. The molecule has 0 bridgehead atoms. The Balaban J connectivity index is 2.40. The van der Waals surface area contributed by atoms with Crippen molar-refractivity contribution in [3.63, 3.8) is 0 Å². The summed E-state index contributed by atoms with van der Waals surface area (Å²) in [5.41, 5.74) is 2.08. The van der Waals surface area contributed by atoms with Gasteiger partial charge in [-0.1, -0.05) is 6.08 Å². The smallest absolute Gasteiger partial charge is 0.415 e. The van der Waals surface area contributed by atoms with Crippen molar-refractivity contribution in [1.82, 2.24) is 4.98 Å². The summed E-state index contributed by atoms with van der Waals surface area (Å²) in [4.78, 5) is 18.2. The van der Waals surface area contributed by atoms with E-state index >= 15 is 0 Å². The number of halogens is 1. The van der Waals surface area contributed by atoms with Gasteiger partial charge in [0.1, 0.15) is 5.60 Å². The van der Waals surface area contributed by atoms with Crippen LogP contribution in [0.2, 0.25) is 0 Å². The fourth-order valence-corrected chi connectivity index (χ4v) is 2.19. The van der Waals surface area contributed by atoms with Gasteiger partial charge in [0.15, 0.2) is 0 Å². The fourth-order valence-electron chi connectivity index (χ4n) is 1.90. The molecule has 0 spiro atoms. The zero-order valence-corrected chi connectivity index (χ0v) is 13.1. The van der Waals surface area contributed by atoms with Crippen LogP contribution in [-0.4, -0.2) is 23.2 Å². The van der Waals surface area contributed by atoms with Crippen LogP contribution in [0, 0.1) is 6.92 Å². The Morgan fingerprint density at radius 2 is 2.16 bits per heavy atom. The molecule has 0 saturated carbocycles. The molecule has 0 N–H and O–H groups in total. The van der Waals surface area contributed by atoms with Crippen LogP contribution in [-0.2, 0) is 4.74 Å². The number of hydrogen-bond donors (Lipinski definition) is 0. The van der Waals surface area contributed by atoms with Crippen molar-refractivity contribution in [1.29, 1.82) is 0 Å². The average molecular weight is 325 g/mol. The molecule has 102 valence electrons. The molecule has 0 aliphatic carbocycles. The molecule has 1 aromatic heterocycles. The highest BCUT2D eigenvalue weighted by atomic mass is 79.9. The van der Waals surface area contributed by atoms with Gasteiger partial charge in [-0.25, -0.2) is 4.79 Å². The van der Waals surface area contributed by atoms with E-state index < -0.39 is 5.60 Å². The third-order valence-electron chi connectivity index (χ3n) is 2.72. The molecule has 0 saturated heterocycles. The molecule has 1 amide bonds. The predicted octanol–water partition coefficient (Wildman–Crippen LogP) is 3.92. The van der Waals surface area contributed by atoms with Gasteiger partial charge < -0.3 is 4.74 Å². The lowest BCUT2D eigenvalue weighted by Crippen LogP contribution is -2.38. The minimum atomic E-state index is -0.508. The van der Waals surface area contributed by atoms with Gasteiger partial charge >= 0.3 is 6.09 Å². The van der Waals surface area contributed by atoms with Crippen LogP contribution in [0.4, 0.5) is 10.5 Å². The van der Waals surface area contributed by atoms with E-state index in [0.29, 0.717) is 6.54 Å². The molecule has 0 unspecified atom stereocenters. The van der Waals surface area contributed by atoms with Crippen LogP contribution >= 0.6 is 15.9 Å². The summed E-state index contributed by atoms with van der Waals surface area (Å²) in [7, 11) is 0. The molecule has 0 aromatic carbocycles. The predicted molar refractivity (Wildman–Crippen MR) is 79.3 cm³/mol. The topological polar surface area (TPSA) is 42.4 Å². The summed E-state index contributed by atoms with van der Waals surface area (Å²) in [6, 6.07) is 0. The number of nitrogens with zero attached hydrogens (tertiary/aromatic N) is 2. The zero-order chi connectivity index (χ0) is 14.2. The summed E-state index contributed by atoms with van der Waals surface area (Å²) in [6.07, 6.45) is 5.24. The van der Waals surface area contributed by atoms with E-state index in [-0.39, 0.29) is 6.09 Å². The van der Waals surface area contributed by atoms with Gasteiger partial charge in [0.25, 0.3) is 0 Å². The highest BCUT2D eigenvalue weighted by Gasteiger charge is 2.27. The number of ether oxygens (including phenoxy) is 1. The molecule has 4 nitrogen and oxygen atoms in total. The van der Waals surface area contributed by atoms with Crippen LogP contribution in [0.3, 0.4) is 0 Å². The number of rotatable bonds is 0. The van der Waals surface area contributed by atoms with E-state index in [9.17, 15) is 4.79 Å². The molecule has 0 radical (unpaired) electrons. The Labute approximate surface area is 121 Å². The van der Waals surface area contributed by atoms with Crippen molar-refractivity contribution in [3.05, 3.63) is 28.0 Å². The summed E-state index contributed by atoms with van der Waals surface area (Å²) in [5.74, 6) is 0. The van der Waals surface area contributed by atoms with Crippen molar-refractivity contribution in [2.24, 2.45) is 0 Å². The zero-order valence-electron chi connectivity index (χ0n) is 11.5. The van der Waals surface area contributed by atoms with Gasteiger partial charge in [-0.15, -0.1) is 0 Å². The first-order chi connectivity index (χ1) is 8.79. The maximum absolute atomic E-state index is 12.3. The lowest BCUT2D eigenvalue weighted by Gasteiger charge is -2.30. The quantitative estimate of drug-likeness (QED) is 0.726. The second kappa shape index (κ2) is 4.96. The highest BCUT2D eigenvalue weighted by Crippen LogP contribution is 2.33. The van der Waals surface area contributed by atoms with Crippen LogP contribution in [0.25, 0.3) is 6.08 Å². The second-order valence-corrected chi connectivity index (χ2v) is 6.31. The Morgan fingerprint density at radius 1 is 1.47 bits per heavy atom. The number of carbonyl (C=O) groups excluding carboxylic acids is 1. The van der Waals surface area contributed by atoms with Crippen molar-refractivity contribution in [2.75, 3.05) is 11.4 Å². The first kappa shape index (κ1) is 14.1. The van der Waals surface area contributed by atoms with Gasteiger partial charge in [-0.05, 0) is 55.3 Å². The Morgan fingerprint density at radius 3 is 2.79 bits per heavy atom. The SMILES string of the molecule is Cc1c(Br)cnc2c1N(C(=O)OC(C)(C)C)CC=C2. The number of hydrogen-bond acceptors (Lipinski definition) is 3. The van der Waals surface area contributed by atoms with Crippen molar-refractivity contribution >= 4 is 33.8 Å². The number of pyridine rings is 1. The number of carbonyl (C=O) groups is 1. The lowest BCUT2D eigenvalue weighted by atomic mass is 10.1. The summed E-state index contributed by atoms with van der Waals surface area (Å²) < 4.78 is 6.32. The Kier molecular flexibility index (Phi) is 3.67. The van der Waals surface area contributed by atoms with Crippen molar-refractivity contribution in [2.45, 2.75) is 33.3 Å². The van der Waals surface area contributed by atoms with Crippen molar-refractivity contribution < 1.29 is 9.53 Å². The largest absolute Gasteiger partial charge is 0.443 e. The average Bonchev–Trinajstić information content (AvgIpc) is 2.31. The van der Waals surface area contributed by atoms with Gasteiger partial charge in [-0.3, -0.25) is 9.88 Å². The third-order valence-corrected chi connectivity index (χ3v) is 3.52. The monoisotopic (exact) mass is 324 g/mol. The molecule has 1 aliphatic rings. The molecule has 2 heterocycles. The maximum atomic E-state index is 12.3. The molecule has 5 heteroatoms.